The van der Waals surface area contributed by atoms with Gasteiger partial charge in [0.25, 0.3) is 0 Å². The summed E-state index contributed by atoms with van der Waals surface area (Å²) in [7, 11) is -0.364. The lowest BCUT2D eigenvalue weighted by molar-refractivity contribution is 0.00578. The van der Waals surface area contributed by atoms with E-state index in [9.17, 15) is 0 Å². The SMILES string of the molecule is CC1(C)c2ccc(N(c3ccccc3)c3ccccc3)cc2-c2ccc(B3OC(C)(C)C(C)(C)O3)cc21. The Kier molecular flexibility index (Phi) is 5.42. The number of nitrogens with zero attached hydrogens (tertiary/aromatic N) is 1. The lowest BCUT2D eigenvalue weighted by atomic mass is 9.74. The molecule has 4 heteroatoms. The third-order valence-corrected chi connectivity index (χ3v) is 8.50. The molecule has 37 heavy (non-hydrogen) atoms. The maximum atomic E-state index is 6.37. The quantitative estimate of drug-likeness (QED) is 0.275. The van der Waals surface area contributed by atoms with E-state index >= 15 is 0 Å². The van der Waals surface area contributed by atoms with E-state index in [0.29, 0.717) is 0 Å². The largest absolute Gasteiger partial charge is 0.494 e. The van der Waals surface area contributed by atoms with E-state index in [4.69, 9.17) is 9.31 Å². The van der Waals surface area contributed by atoms with Crippen molar-refractivity contribution in [1.82, 2.24) is 0 Å². The number of hydrogen-bond acceptors (Lipinski definition) is 3. The van der Waals surface area contributed by atoms with E-state index < -0.39 is 0 Å². The highest BCUT2D eigenvalue weighted by atomic mass is 16.7. The molecule has 0 unspecified atom stereocenters. The maximum absolute atomic E-state index is 6.37. The van der Waals surface area contributed by atoms with E-state index in [1.165, 1.54) is 22.3 Å². The highest BCUT2D eigenvalue weighted by Crippen LogP contribution is 2.50. The summed E-state index contributed by atoms with van der Waals surface area (Å²) in [6, 6.07) is 34.8. The van der Waals surface area contributed by atoms with Crippen LogP contribution < -0.4 is 10.4 Å². The normalized spacial score (nSPS) is 18.4. The van der Waals surface area contributed by atoms with E-state index in [2.05, 4.69) is 144 Å². The van der Waals surface area contributed by atoms with E-state index in [1.807, 2.05) is 0 Å². The predicted octanol–water partition coefficient (Wildman–Crippen LogP) is 7.76. The van der Waals surface area contributed by atoms with Crippen LogP contribution in [-0.4, -0.2) is 18.3 Å². The van der Waals surface area contributed by atoms with E-state index in [0.717, 1.165) is 22.5 Å². The fraction of sp³-hybridized carbons (Fsp3) is 0.273. The van der Waals surface area contributed by atoms with Gasteiger partial charge < -0.3 is 14.2 Å². The van der Waals surface area contributed by atoms with Gasteiger partial charge in [0.05, 0.1) is 11.2 Å². The molecule has 2 aliphatic rings. The number of fused-ring (bicyclic) bond motifs is 3. The van der Waals surface area contributed by atoms with Crippen molar-refractivity contribution in [3.63, 3.8) is 0 Å². The summed E-state index contributed by atoms with van der Waals surface area (Å²) in [5.41, 5.74) is 8.90. The standard InChI is InChI=1S/C33H34BNO2/c1-31(2)29-20-18-26(35(24-13-9-7-10-14-24)25-15-11-8-12-16-25)22-28(29)27-19-17-23(21-30(27)31)34-36-32(3,4)33(5,6)37-34/h7-22H,1-6H3. The van der Waals surface area contributed by atoms with Crippen LogP contribution in [0.1, 0.15) is 52.7 Å². The smallest absolute Gasteiger partial charge is 0.399 e. The van der Waals surface area contributed by atoms with Gasteiger partial charge in [-0.1, -0.05) is 74.5 Å². The molecule has 0 radical (unpaired) electrons. The Bertz CT molecular complexity index is 1410. The fourth-order valence-corrected chi connectivity index (χ4v) is 5.63. The van der Waals surface area contributed by atoms with Crippen molar-refractivity contribution in [2.75, 3.05) is 4.90 Å². The van der Waals surface area contributed by atoms with Crippen LogP contribution in [0.4, 0.5) is 17.1 Å². The van der Waals surface area contributed by atoms with Crippen LogP contribution in [0.2, 0.25) is 0 Å². The minimum Gasteiger partial charge on any atom is -0.399 e. The van der Waals surface area contributed by atoms with Crippen molar-refractivity contribution in [2.45, 2.75) is 58.2 Å². The molecular weight excluding hydrogens is 453 g/mol. The molecular formula is C33H34BNO2. The number of hydrogen-bond donors (Lipinski definition) is 0. The van der Waals surface area contributed by atoms with Gasteiger partial charge in [-0.15, -0.1) is 0 Å². The molecule has 3 nitrogen and oxygen atoms in total. The van der Waals surface area contributed by atoms with Crippen molar-refractivity contribution in [1.29, 1.82) is 0 Å². The first-order valence-electron chi connectivity index (χ1n) is 13.1. The van der Waals surface area contributed by atoms with Crippen LogP contribution >= 0.6 is 0 Å². The molecule has 1 fully saturated rings. The summed E-state index contributed by atoms with van der Waals surface area (Å²) in [5.74, 6) is 0. The first kappa shape index (κ1) is 24.0. The molecule has 0 bridgehead atoms. The first-order chi connectivity index (χ1) is 17.6. The van der Waals surface area contributed by atoms with Crippen molar-refractivity contribution < 1.29 is 9.31 Å². The Morgan fingerprint density at radius 1 is 0.541 bits per heavy atom. The van der Waals surface area contributed by atoms with Gasteiger partial charge in [-0.05, 0) is 91.8 Å². The Morgan fingerprint density at radius 3 is 1.68 bits per heavy atom. The summed E-state index contributed by atoms with van der Waals surface area (Å²) >= 11 is 0. The van der Waals surface area contributed by atoms with Crippen LogP contribution in [0, 0.1) is 0 Å². The molecule has 0 aromatic heterocycles. The second kappa shape index (κ2) is 8.34. The monoisotopic (exact) mass is 487 g/mol. The fourth-order valence-electron chi connectivity index (χ4n) is 5.63. The summed E-state index contributed by atoms with van der Waals surface area (Å²) < 4.78 is 12.7. The minimum absolute atomic E-state index is 0.118. The lowest BCUT2D eigenvalue weighted by Gasteiger charge is -2.32. The summed E-state index contributed by atoms with van der Waals surface area (Å²) in [6.45, 7) is 13.1. The maximum Gasteiger partial charge on any atom is 0.494 e. The zero-order chi connectivity index (χ0) is 26.0. The molecule has 1 heterocycles. The summed E-state index contributed by atoms with van der Waals surface area (Å²) in [5, 5.41) is 0. The molecule has 186 valence electrons. The Hall–Kier alpha value is -3.34. The van der Waals surface area contributed by atoms with Crippen molar-refractivity contribution in [3.8, 4) is 11.1 Å². The third kappa shape index (κ3) is 3.82. The molecule has 0 amide bonds. The third-order valence-electron chi connectivity index (χ3n) is 8.50. The van der Waals surface area contributed by atoms with Crippen molar-refractivity contribution in [3.05, 3.63) is 108 Å². The van der Waals surface area contributed by atoms with Gasteiger partial charge in [0.15, 0.2) is 0 Å². The molecule has 0 atom stereocenters. The van der Waals surface area contributed by atoms with Crippen LogP contribution in [0.5, 0.6) is 0 Å². The second-order valence-electron chi connectivity index (χ2n) is 11.8. The van der Waals surface area contributed by atoms with Gasteiger partial charge in [0, 0.05) is 22.5 Å². The Morgan fingerprint density at radius 2 is 1.11 bits per heavy atom. The molecule has 1 aliphatic carbocycles. The van der Waals surface area contributed by atoms with Gasteiger partial charge in [0.1, 0.15) is 0 Å². The molecule has 1 saturated heterocycles. The van der Waals surface area contributed by atoms with Crippen molar-refractivity contribution >= 4 is 29.6 Å². The number of anilines is 3. The van der Waals surface area contributed by atoms with E-state index in [-0.39, 0.29) is 23.7 Å². The molecule has 0 saturated carbocycles. The number of benzene rings is 4. The van der Waals surface area contributed by atoms with Crippen LogP contribution in [0.25, 0.3) is 11.1 Å². The topological polar surface area (TPSA) is 21.7 Å². The van der Waals surface area contributed by atoms with Gasteiger partial charge in [-0.25, -0.2) is 0 Å². The van der Waals surface area contributed by atoms with E-state index in [1.54, 1.807) is 0 Å². The highest BCUT2D eigenvalue weighted by Gasteiger charge is 2.52. The van der Waals surface area contributed by atoms with Crippen molar-refractivity contribution in [2.24, 2.45) is 0 Å². The van der Waals surface area contributed by atoms with Gasteiger partial charge in [-0.3, -0.25) is 0 Å². The Labute approximate surface area is 221 Å². The zero-order valence-electron chi connectivity index (χ0n) is 22.6. The summed E-state index contributed by atoms with van der Waals surface area (Å²) in [6.07, 6.45) is 0. The molecule has 0 spiro atoms. The van der Waals surface area contributed by atoms with Gasteiger partial charge in [0.2, 0.25) is 0 Å². The molecule has 1 aliphatic heterocycles. The summed E-state index contributed by atoms with van der Waals surface area (Å²) in [4.78, 5) is 2.32. The molecule has 4 aromatic carbocycles. The predicted molar refractivity (Wildman–Crippen MR) is 154 cm³/mol. The molecule has 0 N–H and O–H groups in total. The molecule has 6 rings (SSSR count). The van der Waals surface area contributed by atoms with Crippen LogP contribution in [0.3, 0.4) is 0 Å². The average molecular weight is 487 g/mol. The minimum atomic E-state index is -0.364. The van der Waals surface area contributed by atoms with Crippen LogP contribution in [-0.2, 0) is 14.7 Å². The first-order valence-corrected chi connectivity index (χ1v) is 13.1. The lowest BCUT2D eigenvalue weighted by Crippen LogP contribution is -2.41. The zero-order valence-corrected chi connectivity index (χ0v) is 22.6. The average Bonchev–Trinajstić information content (AvgIpc) is 3.24. The number of para-hydroxylation sites is 2. The highest BCUT2D eigenvalue weighted by molar-refractivity contribution is 6.62. The second-order valence-corrected chi connectivity index (χ2v) is 11.8. The molecule has 4 aromatic rings. The Balaban J connectivity index is 1.44. The number of rotatable bonds is 4. The van der Waals surface area contributed by atoms with Crippen LogP contribution in [0.15, 0.2) is 97.1 Å². The van der Waals surface area contributed by atoms with Gasteiger partial charge >= 0.3 is 7.12 Å². The van der Waals surface area contributed by atoms with Gasteiger partial charge in [-0.2, -0.15) is 0 Å².